The number of carbonyl (C=O) groups excluding carboxylic acids is 1. The molecule has 164 valence electrons. The molecule has 7 nitrogen and oxygen atoms in total. The van der Waals surface area contributed by atoms with E-state index < -0.39 is 0 Å². The first-order valence-corrected chi connectivity index (χ1v) is 10.6. The molecule has 28 heavy (non-hydrogen) atoms. The Bertz CT molecular complexity index is 451. The number of hydrogen-bond donors (Lipinski definition) is 2. The molecule has 2 fully saturated rings. The fourth-order valence-electron chi connectivity index (χ4n) is 3.65. The molecule has 2 rings (SSSR count). The zero-order valence-corrected chi connectivity index (χ0v) is 19.9. The number of halogens is 1. The highest BCUT2D eigenvalue weighted by Gasteiger charge is 2.23. The second-order valence-electron chi connectivity index (χ2n) is 7.53. The molecule has 2 N–H and O–H groups in total. The molecule has 0 bridgehead atoms. The van der Waals surface area contributed by atoms with Crippen LogP contribution in [0.3, 0.4) is 0 Å². The molecule has 2 heterocycles. The second kappa shape index (κ2) is 15.3. The summed E-state index contributed by atoms with van der Waals surface area (Å²) in [5, 5.41) is 6.13. The van der Waals surface area contributed by atoms with Crippen LogP contribution in [0, 0.1) is 11.8 Å². The monoisotopic (exact) mass is 510 g/mol. The van der Waals surface area contributed by atoms with Gasteiger partial charge in [0.15, 0.2) is 5.96 Å². The molecule has 0 saturated carbocycles. The smallest absolute Gasteiger partial charge is 0.220 e. The summed E-state index contributed by atoms with van der Waals surface area (Å²) in [5.41, 5.74) is 0. The van der Waals surface area contributed by atoms with Gasteiger partial charge in [-0.15, -0.1) is 24.0 Å². The quantitative estimate of drug-likeness (QED) is 0.216. The summed E-state index contributed by atoms with van der Waals surface area (Å²) in [6.07, 6.45) is 5.93. The Morgan fingerprint density at radius 2 is 1.89 bits per heavy atom. The highest BCUT2D eigenvalue weighted by atomic mass is 127. The summed E-state index contributed by atoms with van der Waals surface area (Å²) in [4.78, 5) is 18.6. The molecule has 2 aliphatic heterocycles. The van der Waals surface area contributed by atoms with Crippen LogP contribution in [0.4, 0.5) is 0 Å². The predicted octanol–water partition coefficient (Wildman–Crippen LogP) is 2.25. The summed E-state index contributed by atoms with van der Waals surface area (Å²) >= 11 is 0. The number of rotatable bonds is 9. The van der Waals surface area contributed by atoms with Gasteiger partial charge in [-0.2, -0.15) is 0 Å². The third kappa shape index (κ3) is 9.73. The van der Waals surface area contributed by atoms with Gasteiger partial charge in [-0.3, -0.25) is 9.79 Å². The van der Waals surface area contributed by atoms with E-state index in [2.05, 4.69) is 22.5 Å². The number of hydrogen-bond acceptors (Lipinski definition) is 4. The number of guanidine groups is 1. The lowest BCUT2D eigenvalue weighted by atomic mass is 9.93. The summed E-state index contributed by atoms with van der Waals surface area (Å²) in [7, 11) is 1.71. The normalized spacial score (nSPS) is 19.2. The number of nitrogens with one attached hydrogen (secondary N) is 2. The summed E-state index contributed by atoms with van der Waals surface area (Å²) in [5.74, 6) is 2.30. The Balaban J connectivity index is 0.00000392. The number of likely N-dealkylation sites (tertiary alicyclic amines) is 1. The van der Waals surface area contributed by atoms with E-state index in [1.807, 2.05) is 0 Å². The van der Waals surface area contributed by atoms with Crippen molar-refractivity contribution in [1.29, 1.82) is 0 Å². The van der Waals surface area contributed by atoms with Crippen LogP contribution in [-0.2, 0) is 14.3 Å². The maximum absolute atomic E-state index is 11.5. The average Bonchev–Trinajstić information content (AvgIpc) is 2.71. The highest BCUT2D eigenvalue weighted by molar-refractivity contribution is 14.0. The molecule has 8 heteroatoms. The first-order valence-electron chi connectivity index (χ1n) is 10.6. The fourth-order valence-corrected chi connectivity index (χ4v) is 3.65. The van der Waals surface area contributed by atoms with E-state index in [1.54, 1.807) is 7.05 Å². The van der Waals surface area contributed by atoms with Crippen LogP contribution in [-0.4, -0.2) is 76.4 Å². The Hall–Kier alpha value is -0.610. The van der Waals surface area contributed by atoms with Crippen molar-refractivity contribution in [3.05, 3.63) is 0 Å². The minimum Gasteiger partial charge on any atom is -0.381 e. The molecule has 0 unspecified atom stereocenters. The number of amides is 1. The van der Waals surface area contributed by atoms with Gasteiger partial charge in [-0.25, -0.2) is 0 Å². The summed E-state index contributed by atoms with van der Waals surface area (Å²) in [6.45, 7) is 9.08. The topological polar surface area (TPSA) is 75.2 Å². The first-order chi connectivity index (χ1) is 13.2. The van der Waals surface area contributed by atoms with Gasteiger partial charge in [0.25, 0.3) is 0 Å². The van der Waals surface area contributed by atoms with Crippen LogP contribution in [0.25, 0.3) is 0 Å². The van der Waals surface area contributed by atoms with Crippen molar-refractivity contribution >= 4 is 35.8 Å². The molecule has 0 aromatic rings. The molecule has 0 aliphatic carbocycles. The van der Waals surface area contributed by atoms with Crippen molar-refractivity contribution in [3.8, 4) is 0 Å². The lowest BCUT2D eigenvalue weighted by Gasteiger charge is -2.34. The van der Waals surface area contributed by atoms with Crippen molar-refractivity contribution in [2.45, 2.75) is 45.4 Å². The molecule has 0 aromatic heterocycles. The van der Waals surface area contributed by atoms with Crippen molar-refractivity contribution in [3.63, 3.8) is 0 Å². The SMILES string of the molecule is CCNC(=NCCCOCC1CCOCC1)N1CCC(CC(=O)NC)CC1.I. The minimum absolute atomic E-state index is 0. The van der Waals surface area contributed by atoms with Crippen LogP contribution in [0.5, 0.6) is 0 Å². The van der Waals surface area contributed by atoms with E-state index in [0.717, 1.165) is 90.7 Å². The van der Waals surface area contributed by atoms with Gasteiger partial charge < -0.3 is 25.0 Å². The van der Waals surface area contributed by atoms with Gasteiger partial charge in [0.2, 0.25) is 5.91 Å². The van der Waals surface area contributed by atoms with Gasteiger partial charge in [0, 0.05) is 66.1 Å². The zero-order chi connectivity index (χ0) is 19.3. The average molecular weight is 510 g/mol. The maximum Gasteiger partial charge on any atom is 0.220 e. The molecule has 0 radical (unpaired) electrons. The second-order valence-corrected chi connectivity index (χ2v) is 7.53. The zero-order valence-electron chi connectivity index (χ0n) is 17.6. The van der Waals surface area contributed by atoms with E-state index >= 15 is 0 Å². The van der Waals surface area contributed by atoms with Gasteiger partial charge in [0.1, 0.15) is 0 Å². The van der Waals surface area contributed by atoms with Crippen LogP contribution in [0.15, 0.2) is 4.99 Å². The molecule has 0 aromatic carbocycles. The van der Waals surface area contributed by atoms with Gasteiger partial charge in [-0.05, 0) is 50.9 Å². The van der Waals surface area contributed by atoms with Gasteiger partial charge in [0.05, 0.1) is 0 Å². The highest BCUT2D eigenvalue weighted by Crippen LogP contribution is 2.20. The molecule has 0 atom stereocenters. The fraction of sp³-hybridized carbons (Fsp3) is 0.900. The summed E-state index contributed by atoms with van der Waals surface area (Å²) < 4.78 is 11.2. The van der Waals surface area contributed by atoms with Crippen molar-refractivity contribution in [2.75, 3.05) is 59.7 Å². The molecule has 2 aliphatic rings. The van der Waals surface area contributed by atoms with Crippen LogP contribution >= 0.6 is 24.0 Å². The molecule has 0 spiro atoms. The van der Waals surface area contributed by atoms with Crippen molar-refractivity contribution in [1.82, 2.24) is 15.5 Å². The largest absolute Gasteiger partial charge is 0.381 e. The lowest BCUT2D eigenvalue weighted by molar-refractivity contribution is -0.121. The third-order valence-corrected chi connectivity index (χ3v) is 5.40. The lowest BCUT2D eigenvalue weighted by Crippen LogP contribution is -2.46. The molecule has 2 saturated heterocycles. The number of aliphatic imine (C=N–C) groups is 1. The van der Waals surface area contributed by atoms with Crippen LogP contribution in [0.1, 0.15) is 45.4 Å². The van der Waals surface area contributed by atoms with Crippen molar-refractivity contribution in [2.24, 2.45) is 16.8 Å². The standard InChI is InChI=1S/C20H38N4O3.HI/c1-3-22-20(24-10-5-17(6-11-24)15-19(25)21-2)23-9-4-12-27-16-18-7-13-26-14-8-18;/h17-18H,3-16H2,1-2H3,(H,21,25)(H,22,23);1H. The van der Waals surface area contributed by atoms with Crippen molar-refractivity contribution < 1.29 is 14.3 Å². The van der Waals surface area contributed by atoms with E-state index in [4.69, 9.17) is 14.5 Å². The minimum atomic E-state index is 0. The van der Waals surface area contributed by atoms with Gasteiger partial charge >= 0.3 is 0 Å². The number of nitrogens with zero attached hydrogens (tertiary/aromatic N) is 2. The van der Waals surface area contributed by atoms with E-state index in [0.29, 0.717) is 18.3 Å². The molecular weight excluding hydrogens is 471 g/mol. The Kier molecular flexibility index (Phi) is 13.9. The number of carbonyl (C=O) groups is 1. The van der Waals surface area contributed by atoms with E-state index in [-0.39, 0.29) is 29.9 Å². The first kappa shape index (κ1) is 25.4. The maximum atomic E-state index is 11.5. The predicted molar refractivity (Wildman–Crippen MR) is 123 cm³/mol. The number of piperidine rings is 1. The molecular formula is C20H39IN4O3. The Morgan fingerprint density at radius 3 is 2.54 bits per heavy atom. The summed E-state index contributed by atoms with van der Waals surface area (Å²) in [6, 6.07) is 0. The third-order valence-electron chi connectivity index (χ3n) is 5.40. The van der Waals surface area contributed by atoms with E-state index in [1.165, 1.54) is 0 Å². The van der Waals surface area contributed by atoms with Gasteiger partial charge in [-0.1, -0.05) is 0 Å². The Morgan fingerprint density at radius 1 is 1.18 bits per heavy atom. The Labute approximate surface area is 187 Å². The van der Waals surface area contributed by atoms with E-state index in [9.17, 15) is 4.79 Å². The number of ether oxygens (including phenoxy) is 2. The molecule has 1 amide bonds. The van der Waals surface area contributed by atoms with Crippen LogP contribution in [0.2, 0.25) is 0 Å². The van der Waals surface area contributed by atoms with Crippen LogP contribution < -0.4 is 10.6 Å².